The van der Waals surface area contributed by atoms with Gasteiger partial charge < -0.3 is 9.72 Å². The zero-order chi connectivity index (χ0) is 13.9. The van der Waals surface area contributed by atoms with Crippen LogP contribution in [0.2, 0.25) is 5.02 Å². The van der Waals surface area contributed by atoms with E-state index < -0.39 is 0 Å². The summed E-state index contributed by atoms with van der Waals surface area (Å²) >= 11 is 5.96. The van der Waals surface area contributed by atoms with E-state index in [0.717, 1.165) is 11.3 Å². The molecule has 0 aromatic carbocycles. The van der Waals surface area contributed by atoms with E-state index in [2.05, 4.69) is 28.3 Å². The highest BCUT2D eigenvalue weighted by Crippen LogP contribution is 2.13. The van der Waals surface area contributed by atoms with Crippen LogP contribution in [0.15, 0.2) is 49.1 Å². The molecule has 4 nitrogen and oxygen atoms in total. The molecular weight excluding hydrogens is 272 g/mol. The van der Waals surface area contributed by atoms with Crippen LogP contribution in [0.25, 0.3) is 5.65 Å². The second-order valence-electron chi connectivity index (χ2n) is 4.73. The van der Waals surface area contributed by atoms with Crippen LogP contribution in [0.5, 0.6) is 0 Å². The summed E-state index contributed by atoms with van der Waals surface area (Å²) in [5.41, 5.74) is 3.06. The highest BCUT2D eigenvalue weighted by atomic mass is 35.5. The van der Waals surface area contributed by atoms with Crippen molar-refractivity contribution in [1.29, 1.82) is 0 Å². The minimum absolute atomic E-state index is 0.233. The van der Waals surface area contributed by atoms with Crippen LogP contribution in [0.1, 0.15) is 24.2 Å². The average Bonchev–Trinajstić information content (AvgIpc) is 2.87. The van der Waals surface area contributed by atoms with Gasteiger partial charge in [-0.1, -0.05) is 17.7 Å². The molecular formula is C15H15ClN4. The summed E-state index contributed by atoms with van der Waals surface area (Å²) in [5.74, 6) is 0. The fourth-order valence-corrected chi connectivity index (χ4v) is 2.28. The number of fused-ring (bicyclic) bond motifs is 1. The SMILES string of the molecule is C[C@@H](NCc1cn2cc(Cl)ccc2n1)c1cccnc1. The largest absolute Gasteiger partial charge is 0.305 e. The summed E-state index contributed by atoms with van der Waals surface area (Å²) in [5, 5.41) is 4.15. The van der Waals surface area contributed by atoms with E-state index in [1.165, 1.54) is 5.56 Å². The van der Waals surface area contributed by atoms with Gasteiger partial charge in [0.05, 0.1) is 10.7 Å². The van der Waals surface area contributed by atoms with Gasteiger partial charge in [0.1, 0.15) is 5.65 Å². The first-order valence-electron chi connectivity index (χ1n) is 6.49. The maximum absolute atomic E-state index is 5.96. The van der Waals surface area contributed by atoms with Crippen molar-refractivity contribution in [2.75, 3.05) is 0 Å². The number of nitrogens with zero attached hydrogens (tertiary/aromatic N) is 3. The van der Waals surface area contributed by atoms with Gasteiger partial charge in [-0.15, -0.1) is 0 Å². The Morgan fingerprint density at radius 2 is 2.20 bits per heavy atom. The minimum Gasteiger partial charge on any atom is -0.305 e. The molecule has 3 aromatic rings. The third kappa shape index (κ3) is 2.81. The Balaban J connectivity index is 1.71. The van der Waals surface area contributed by atoms with Crippen molar-refractivity contribution in [3.8, 4) is 0 Å². The summed E-state index contributed by atoms with van der Waals surface area (Å²) < 4.78 is 1.94. The van der Waals surface area contributed by atoms with E-state index in [0.29, 0.717) is 11.6 Å². The maximum Gasteiger partial charge on any atom is 0.137 e. The van der Waals surface area contributed by atoms with Gasteiger partial charge in [-0.25, -0.2) is 4.98 Å². The van der Waals surface area contributed by atoms with Crippen LogP contribution in [0.3, 0.4) is 0 Å². The van der Waals surface area contributed by atoms with Crippen molar-refractivity contribution in [1.82, 2.24) is 19.7 Å². The van der Waals surface area contributed by atoms with Crippen molar-refractivity contribution in [2.45, 2.75) is 19.5 Å². The molecule has 0 amide bonds. The quantitative estimate of drug-likeness (QED) is 0.801. The lowest BCUT2D eigenvalue weighted by Crippen LogP contribution is -2.18. The van der Waals surface area contributed by atoms with E-state index in [4.69, 9.17) is 11.6 Å². The molecule has 1 N–H and O–H groups in total. The highest BCUT2D eigenvalue weighted by molar-refractivity contribution is 6.30. The molecule has 3 heterocycles. The van der Waals surface area contributed by atoms with Crippen LogP contribution in [-0.4, -0.2) is 14.4 Å². The molecule has 0 spiro atoms. The van der Waals surface area contributed by atoms with Crippen molar-refractivity contribution < 1.29 is 0 Å². The third-order valence-electron chi connectivity index (χ3n) is 3.24. The molecule has 0 saturated carbocycles. The molecule has 0 aliphatic carbocycles. The Morgan fingerprint density at radius 1 is 1.30 bits per heavy atom. The number of hydrogen-bond acceptors (Lipinski definition) is 3. The summed E-state index contributed by atoms with van der Waals surface area (Å²) in [6, 6.07) is 8.00. The fourth-order valence-electron chi connectivity index (χ4n) is 2.11. The number of nitrogens with one attached hydrogen (secondary N) is 1. The third-order valence-corrected chi connectivity index (χ3v) is 3.46. The highest BCUT2D eigenvalue weighted by Gasteiger charge is 2.07. The van der Waals surface area contributed by atoms with Crippen LogP contribution >= 0.6 is 11.6 Å². The first-order chi connectivity index (χ1) is 9.72. The number of pyridine rings is 2. The Hall–Kier alpha value is -1.91. The summed E-state index contributed by atoms with van der Waals surface area (Å²) in [6.07, 6.45) is 7.51. The van der Waals surface area contributed by atoms with Gasteiger partial charge in [0.2, 0.25) is 0 Å². The first-order valence-corrected chi connectivity index (χ1v) is 6.86. The molecule has 5 heteroatoms. The molecule has 0 saturated heterocycles. The van der Waals surface area contributed by atoms with Gasteiger partial charge in [0.15, 0.2) is 0 Å². The molecule has 0 aliphatic heterocycles. The number of aromatic nitrogens is 3. The fraction of sp³-hybridized carbons (Fsp3) is 0.200. The molecule has 0 unspecified atom stereocenters. The summed E-state index contributed by atoms with van der Waals surface area (Å²) in [6.45, 7) is 2.82. The zero-order valence-electron chi connectivity index (χ0n) is 11.1. The molecule has 1 atom stereocenters. The van der Waals surface area contributed by atoms with Crippen molar-refractivity contribution in [3.05, 3.63) is 65.3 Å². The lowest BCUT2D eigenvalue weighted by molar-refractivity contribution is 0.567. The summed E-state index contributed by atoms with van der Waals surface area (Å²) in [4.78, 5) is 8.68. The Labute approximate surface area is 122 Å². The number of hydrogen-bond donors (Lipinski definition) is 1. The lowest BCUT2D eigenvalue weighted by Gasteiger charge is -2.12. The topological polar surface area (TPSA) is 42.2 Å². The van der Waals surface area contributed by atoms with E-state index in [1.54, 1.807) is 6.20 Å². The lowest BCUT2D eigenvalue weighted by atomic mass is 10.1. The molecule has 0 fully saturated rings. The second kappa shape index (κ2) is 5.61. The van der Waals surface area contributed by atoms with E-state index in [1.807, 2.05) is 41.2 Å². The van der Waals surface area contributed by atoms with Crippen molar-refractivity contribution in [3.63, 3.8) is 0 Å². The Morgan fingerprint density at radius 3 is 3.00 bits per heavy atom. The smallest absolute Gasteiger partial charge is 0.137 e. The average molecular weight is 287 g/mol. The number of rotatable bonds is 4. The van der Waals surface area contributed by atoms with Gasteiger partial charge in [0.25, 0.3) is 0 Å². The van der Waals surface area contributed by atoms with Gasteiger partial charge >= 0.3 is 0 Å². The zero-order valence-corrected chi connectivity index (χ0v) is 11.9. The maximum atomic E-state index is 5.96. The number of halogens is 1. The molecule has 20 heavy (non-hydrogen) atoms. The number of imidazole rings is 1. The standard InChI is InChI=1S/C15H15ClN4/c1-11(12-3-2-6-17-7-12)18-8-14-10-20-9-13(16)4-5-15(20)19-14/h2-7,9-11,18H,8H2,1H3/t11-/m1/s1. The summed E-state index contributed by atoms with van der Waals surface area (Å²) in [7, 11) is 0. The van der Waals surface area contributed by atoms with Crippen molar-refractivity contribution in [2.24, 2.45) is 0 Å². The monoisotopic (exact) mass is 286 g/mol. The van der Waals surface area contributed by atoms with Gasteiger partial charge in [-0.2, -0.15) is 0 Å². The Bertz CT molecular complexity index is 708. The normalized spacial score (nSPS) is 12.7. The van der Waals surface area contributed by atoms with E-state index >= 15 is 0 Å². The predicted octanol–water partition coefficient (Wildman–Crippen LogP) is 3.23. The van der Waals surface area contributed by atoms with Gasteiger partial charge in [-0.05, 0) is 30.7 Å². The molecule has 0 aliphatic rings. The molecule has 0 radical (unpaired) electrons. The van der Waals surface area contributed by atoms with Crippen LogP contribution in [0, 0.1) is 0 Å². The van der Waals surface area contributed by atoms with Crippen LogP contribution in [0.4, 0.5) is 0 Å². The minimum atomic E-state index is 0.233. The van der Waals surface area contributed by atoms with Crippen LogP contribution in [-0.2, 0) is 6.54 Å². The molecule has 3 rings (SSSR count). The predicted molar refractivity (Wildman–Crippen MR) is 79.7 cm³/mol. The Kier molecular flexibility index (Phi) is 3.67. The van der Waals surface area contributed by atoms with E-state index in [9.17, 15) is 0 Å². The van der Waals surface area contributed by atoms with Crippen LogP contribution < -0.4 is 5.32 Å². The van der Waals surface area contributed by atoms with Gasteiger partial charge in [0, 0.05) is 37.4 Å². The molecule has 0 bridgehead atoms. The molecule has 102 valence electrons. The molecule has 3 aromatic heterocycles. The van der Waals surface area contributed by atoms with Crippen molar-refractivity contribution >= 4 is 17.2 Å². The van der Waals surface area contributed by atoms with E-state index in [-0.39, 0.29) is 6.04 Å². The first kappa shape index (κ1) is 13.1. The van der Waals surface area contributed by atoms with Gasteiger partial charge in [-0.3, -0.25) is 4.98 Å². The second-order valence-corrected chi connectivity index (χ2v) is 5.17.